The van der Waals surface area contributed by atoms with Gasteiger partial charge in [0.2, 0.25) is 0 Å². The standard InChI is InChI=1S/C18H21N5O2/c1-11-12(2)21-15-9-13(5-6-14(15)20-11)18(24)22-16(10-25-4)17-7-8-19-23(17)3/h5-9,16H,10H2,1-4H3,(H,22,24)/t16-/m0/s1. The molecule has 0 aliphatic heterocycles. The Morgan fingerprint density at radius 1 is 1.20 bits per heavy atom. The van der Waals surface area contributed by atoms with Crippen molar-refractivity contribution in [2.75, 3.05) is 13.7 Å². The van der Waals surface area contributed by atoms with Gasteiger partial charge in [0.1, 0.15) is 0 Å². The average Bonchev–Trinajstić information content (AvgIpc) is 3.01. The average molecular weight is 339 g/mol. The lowest BCUT2D eigenvalue weighted by Gasteiger charge is -2.18. The molecule has 0 aliphatic carbocycles. The first kappa shape index (κ1) is 17.0. The normalized spacial score (nSPS) is 12.3. The highest BCUT2D eigenvalue weighted by Gasteiger charge is 2.19. The minimum absolute atomic E-state index is 0.190. The minimum Gasteiger partial charge on any atom is -0.382 e. The number of nitrogens with zero attached hydrogens (tertiary/aromatic N) is 4. The zero-order valence-corrected chi connectivity index (χ0v) is 14.8. The molecule has 130 valence electrons. The number of aryl methyl sites for hydroxylation is 3. The fourth-order valence-corrected chi connectivity index (χ4v) is 2.71. The molecule has 2 aromatic heterocycles. The molecule has 7 heteroatoms. The van der Waals surface area contributed by atoms with Gasteiger partial charge in [-0.15, -0.1) is 0 Å². The van der Waals surface area contributed by atoms with Gasteiger partial charge in [-0.3, -0.25) is 9.48 Å². The number of fused-ring (bicyclic) bond motifs is 1. The molecule has 2 heterocycles. The summed E-state index contributed by atoms with van der Waals surface area (Å²) in [6, 6.07) is 6.92. The second-order valence-electron chi connectivity index (χ2n) is 5.96. The number of carbonyl (C=O) groups excluding carboxylic acids is 1. The summed E-state index contributed by atoms with van der Waals surface area (Å²) in [5, 5.41) is 7.15. The third kappa shape index (κ3) is 3.51. The summed E-state index contributed by atoms with van der Waals surface area (Å²) in [5.74, 6) is -0.190. The lowest BCUT2D eigenvalue weighted by Crippen LogP contribution is -2.32. The summed E-state index contributed by atoms with van der Waals surface area (Å²) in [7, 11) is 3.44. The molecule has 7 nitrogen and oxygen atoms in total. The number of carbonyl (C=O) groups is 1. The fraction of sp³-hybridized carbons (Fsp3) is 0.333. The van der Waals surface area contributed by atoms with E-state index in [2.05, 4.69) is 20.4 Å². The van der Waals surface area contributed by atoms with E-state index < -0.39 is 0 Å². The maximum absolute atomic E-state index is 12.7. The van der Waals surface area contributed by atoms with Crippen LogP contribution in [0.25, 0.3) is 11.0 Å². The zero-order chi connectivity index (χ0) is 18.0. The molecule has 1 atom stereocenters. The van der Waals surface area contributed by atoms with E-state index in [4.69, 9.17) is 4.74 Å². The number of methoxy groups -OCH3 is 1. The lowest BCUT2D eigenvalue weighted by atomic mass is 10.1. The van der Waals surface area contributed by atoms with Crippen LogP contribution in [0.4, 0.5) is 0 Å². The van der Waals surface area contributed by atoms with Gasteiger partial charge in [-0.1, -0.05) is 0 Å². The van der Waals surface area contributed by atoms with E-state index in [0.717, 1.165) is 22.6 Å². The highest BCUT2D eigenvalue weighted by molar-refractivity contribution is 5.97. The molecule has 0 aliphatic rings. The monoisotopic (exact) mass is 339 g/mol. The van der Waals surface area contributed by atoms with Crippen molar-refractivity contribution < 1.29 is 9.53 Å². The Bertz CT molecular complexity index is 919. The van der Waals surface area contributed by atoms with E-state index in [1.807, 2.05) is 33.0 Å². The van der Waals surface area contributed by atoms with Gasteiger partial charge in [0.15, 0.2) is 0 Å². The van der Waals surface area contributed by atoms with Gasteiger partial charge in [-0.25, -0.2) is 9.97 Å². The third-order valence-electron chi connectivity index (χ3n) is 4.19. The molecule has 0 spiro atoms. The Hall–Kier alpha value is -2.80. The number of ether oxygens (including phenoxy) is 1. The molecule has 3 rings (SSSR count). The van der Waals surface area contributed by atoms with Crippen LogP contribution in [0.5, 0.6) is 0 Å². The highest BCUT2D eigenvalue weighted by atomic mass is 16.5. The second-order valence-corrected chi connectivity index (χ2v) is 5.96. The molecule has 25 heavy (non-hydrogen) atoms. The molecular weight excluding hydrogens is 318 g/mol. The smallest absolute Gasteiger partial charge is 0.251 e. The first-order valence-electron chi connectivity index (χ1n) is 8.02. The lowest BCUT2D eigenvalue weighted by molar-refractivity contribution is 0.0892. The minimum atomic E-state index is -0.286. The van der Waals surface area contributed by atoms with Crippen LogP contribution in [0.15, 0.2) is 30.5 Å². The summed E-state index contributed by atoms with van der Waals surface area (Å²) in [6.07, 6.45) is 1.70. The first-order chi connectivity index (χ1) is 12.0. The van der Waals surface area contributed by atoms with Gasteiger partial charge in [-0.2, -0.15) is 5.10 Å². The number of amides is 1. The van der Waals surface area contributed by atoms with Crippen LogP contribution >= 0.6 is 0 Å². The Labute approximate surface area is 146 Å². The van der Waals surface area contributed by atoms with Crippen molar-refractivity contribution >= 4 is 16.9 Å². The summed E-state index contributed by atoms with van der Waals surface area (Å²) >= 11 is 0. The molecule has 3 aromatic rings. The summed E-state index contributed by atoms with van der Waals surface area (Å²) < 4.78 is 6.96. The molecule has 0 unspecified atom stereocenters. The number of rotatable bonds is 5. The molecule has 0 saturated carbocycles. The number of hydrogen-bond donors (Lipinski definition) is 1. The van der Waals surface area contributed by atoms with E-state index in [0.29, 0.717) is 17.7 Å². The van der Waals surface area contributed by atoms with Crippen molar-refractivity contribution in [3.05, 3.63) is 53.1 Å². The maximum atomic E-state index is 12.7. The molecular formula is C18H21N5O2. The Morgan fingerprint density at radius 2 is 1.92 bits per heavy atom. The van der Waals surface area contributed by atoms with Gasteiger partial charge in [0.05, 0.1) is 40.8 Å². The Kier molecular flexibility index (Phi) is 4.76. The fourth-order valence-electron chi connectivity index (χ4n) is 2.71. The maximum Gasteiger partial charge on any atom is 0.251 e. The number of hydrogen-bond acceptors (Lipinski definition) is 5. The van der Waals surface area contributed by atoms with E-state index in [1.165, 1.54) is 0 Å². The molecule has 1 N–H and O–H groups in total. The van der Waals surface area contributed by atoms with E-state index in [1.54, 1.807) is 30.1 Å². The largest absolute Gasteiger partial charge is 0.382 e. The highest BCUT2D eigenvalue weighted by Crippen LogP contribution is 2.17. The van der Waals surface area contributed by atoms with Gasteiger partial charge >= 0.3 is 0 Å². The van der Waals surface area contributed by atoms with Crippen molar-refractivity contribution in [1.29, 1.82) is 0 Å². The SMILES string of the molecule is COC[C@H](NC(=O)c1ccc2nc(C)c(C)nc2c1)c1ccnn1C. The van der Waals surface area contributed by atoms with Gasteiger partial charge < -0.3 is 10.1 Å². The van der Waals surface area contributed by atoms with Gasteiger partial charge in [-0.05, 0) is 38.1 Å². The van der Waals surface area contributed by atoms with E-state index in [-0.39, 0.29) is 11.9 Å². The van der Waals surface area contributed by atoms with Crippen LogP contribution in [0.2, 0.25) is 0 Å². The predicted octanol–water partition coefficient (Wildman–Crippen LogP) is 2.10. The summed E-state index contributed by atoms with van der Waals surface area (Å²) in [6.45, 7) is 4.19. The molecule has 0 bridgehead atoms. The van der Waals surface area contributed by atoms with Crippen molar-refractivity contribution in [1.82, 2.24) is 25.1 Å². The Balaban J connectivity index is 1.87. The van der Waals surface area contributed by atoms with Crippen LogP contribution in [0.1, 0.15) is 33.5 Å². The van der Waals surface area contributed by atoms with E-state index >= 15 is 0 Å². The molecule has 1 amide bonds. The van der Waals surface area contributed by atoms with Crippen LogP contribution < -0.4 is 5.32 Å². The number of nitrogens with one attached hydrogen (secondary N) is 1. The van der Waals surface area contributed by atoms with Crippen LogP contribution in [-0.4, -0.2) is 39.4 Å². The van der Waals surface area contributed by atoms with Crippen molar-refractivity contribution in [2.24, 2.45) is 7.05 Å². The number of aromatic nitrogens is 4. The van der Waals surface area contributed by atoms with Crippen molar-refractivity contribution in [3.8, 4) is 0 Å². The second kappa shape index (κ2) is 6.98. The Morgan fingerprint density at radius 3 is 2.56 bits per heavy atom. The topological polar surface area (TPSA) is 81.9 Å². The predicted molar refractivity (Wildman–Crippen MR) is 94.3 cm³/mol. The van der Waals surface area contributed by atoms with Crippen LogP contribution in [0.3, 0.4) is 0 Å². The van der Waals surface area contributed by atoms with Crippen molar-refractivity contribution in [2.45, 2.75) is 19.9 Å². The van der Waals surface area contributed by atoms with Crippen molar-refractivity contribution in [3.63, 3.8) is 0 Å². The zero-order valence-electron chi connectivity index (χ0n) is 14.8. The first-order valence-corrected chi connectivity index (χ1v) is 8.02. The van der Waals surface area contributed by atoms with E-state index in [9.17, 15) is 4.79 Å². The third-order valence-corrected chi connectivity index (χ3v) is 4.19. The van der Waals surface area contributed by atoms with Gasteiger partial charge in [0, 0.05) is 25.9 Å². The summed E-state index contributed by atoms with van der Waals surface area (Å²) in [4.78, 5) is 21.7. The number of benzene rings is 1. The van der Waals surface area contributed by atoms with Gasteiger partial charge in [0.25, 0.3) is 5.91 Å². The quantitative estimate of drug-likeness (QED) is 0.770. The molecule has 0 saturated heterocycles. The van der Waals surface area contributed by atoms with Crippen LogP contribution in [0, 0.1) is 13.8 Å². The van der Waals surface area contributed by atoms with Crippen LogP contribution in [-0.2, 0) is 11.8 Å². The molecule has 0 fully saturated rings. The summed E-state index contributed by atoms with van der Waals surface area (Å²) in [5.41, 5.74) is 4.65. The molecule has 0 radical (unpaired) electrons. The molecule has 1 aromatic carbocycles.